The summed E-state index contributed by atoms with van der Waals surface area (Å²) in [5.41, 5.74) is 20.7. The molecule has 3 nitrogen and oxygen atoms in total. The van der Waals surface area contributed by atoms with Crippen LogP contribution in [0.1, 0.15) is 100.0 Å². The maximum absolute atomic E-state index is 2.92. The lowest BCUT2D eigenvalue weighted by Crippen LogP contribution is -2.65. The van der Waals surface area contributed by atoms with Crippen LogP contribution in [0.25, 0.3) is 0 Å². The highest BCUT2D eigenvalue weighted by Gasteiger charge is 2.64. The van der Waals surface area contributed by atoms with E-state index in [1.54, 1.807) is 0 Å². The molecule has 4 heteroatoms. The summed E-state index contributed by atoms with van der Waals surface area (Å²) >= 11 is 0. The van der Waals surface area contributed by atoms with Crippen molar-refractivity contribution in [2.45, 2.75) is 108 Å². The SMILES string of the molecule is Cc1ccc(N2c3ccc(C)cc3B3c4cccc5c4N(c4cc(N6c7ccccc7C7(C)CCCCC67C)cc2c43)C2(C)CCCCC52c2ccccc2)cc1. The van der Waals surface area contributed by atoms with Crippen molar-refractivity contribution in [3.05, 3.63) is 155 Å². The Bertz CT molecular complexity index is 2650. The van der Waals surface area contributed by atoms with Crippen LogP contribution in [0.15, 0.2) is 127 Å². The Hall–Kier alpha value is -5.22. The van der Waals surface area contributed by atoms with Crippen molar-refractivity contribution < 1.29 is 0 Å². The first-order chi connectivity index (χ1) is 27.7. The maximum Gasteiger partial charge on any atom is 0.252 e. The van der Waals surface area contributed by atoms with Gasteiger partial charge in [0.05, 0.1) is 11.1 Å². The van der Waals surface area contributed by atoms with E-state index in [4.69, 9.17) is 0 Å². The van der Waals surface area contributed by atoms with Crippen LogP contribution in [-0.4, -0.2) is 17.8 Å². The molecular weight excluding hydrogens is 689 g/mol. The zero-order chi connectivity index (χ0) is 38.5. The summed E-state index contributed by atoms with van der Waals surface area (Å²) < 4.78 is 0. The molecule has 0 aromatic heterocycles. The minimum absolute atomic E-state index is 0.0427. The number of fused-ring (bicyclic) bond motifs is 10. The normalized spacial score (nSPS) is 27.3. The first kappa shape index (κ1) is 33.9. The third-order valence-corrected chi connectivity index (χ3v) is 16.4. The molecule has 6 aliphatic rings. The van der Waals surface area contributed by atoms with Crippen LogP contribution in [0.5, 0.6) is 0 Å². The summed E-state index contributed by atoms with van der Waals surface area (Å²) in [5, 5.41) is 0. The molecule has 0 spiro atoms. The highest BCUT2D eigenvalue weighted by Crippen LogP contribution is 2.66. The van der Waals surface area contributed by atoms with Crippen LogP contribution in [0.3, 0.4) is 0 Å². The summed E-state index contributed by atoms with van der Waals surface area (Å²) in [6.45, 7) is 12.4. The van der Waals surface area contributed by atoms with Crippen molar-refractivity contribution in [3.8, 4) is 0 Å². The average Bonchev–Trinajstić information content (AvgIpc) is 3.60. The molecule has 0 radical (unpaired) electrons. The van der Waals surface area contributed by atoms with Gasteiger partial charge in [-0.1, -0.05) is 135 Å². The number of para-hydroxylation sites is 2. The largest absolute Gasteiger partial charge is 0.335 e. The number of hydrogen-bond donors (Lipinski definition) is 0. The van der Waals surface area contributed by atoms with Gasteiger partial charge in [-0.15, -0.1) is 0 Å². The minimum atomic E-state index is -0.143. The zero-order valence-electron chi connectivity index (χ0n) is 34.2. The highest BCUT2D eigenvalue weighted by atomic mass is 15.3. The van der Waals surface area contributed by atoms with Gasteiger partial charge in [0.2, 0.25) is 0 Å². The lowest BCUT2D eigenvalue weighted by Gasteiger charge is -2.54. The summed E-state index contributed by atoms with van der Waals surface area (Å²) in [5.74, 6) is 0. The van der Waals surface area contributed by atoms with Crippen LogP contribution < -0.4 is 31.1 Å². The number of benzene rings is 6. The molecule has 12 rings (SSSR count). The molecule has 57 heavy (non-hydrogen) atoms. The standard InChI is InChI=1S/C53H52BN3/c1-35-22-25-38(26-23-35)55-45-27-24-36(2)32-43(45)54-42-20-15-19-41-49(42)57(52(5)30-13-14-31-53(41,52)37-16-7-6-8-17-37)47-34-39(33-46(55)48(47)54)56-44-21-10-9-18-40(44)50(3)28-11-12-29-51(50,56)4/h6-10,15-27,32-34H,11-14,28-31H2,1-5H3. The van der Waals surface area contributed by atoms with E-state index in [9.17, 15) is 0 Å². The topological polar surface area (TPSA) is 9.72 Å². The molecule has 6 aromatic carbocycles. The average molecular weight is 742 g/mol. The Morgan fingerprint density at radius 3 is 2.00 bits per heavy atom. The first-order valence-corrected chi connectivity index (χ1v) is 21.7. The maximum atomic E-state index is 2.92. The van der Waals surface area contributed by atoms with E-state index in [1.165, 1.54) is 123 Å². The minimum Gasteiger partial charge on any atom is -0.335 e. The molecule has 4 unspecified atom stereocenters. The fourth-order valence-corrected chi connectivity index (χ4v) is 13.6. The van der Waals surface area contributed by atoms with Crippen LogP contribution in [-0.2, 0) is 10.8 Å². The number of nitrogens with zero attached hydrogens (tertiary/aromatic N) is 3. The van der Waals surface area contributed by atoms with Crippen molar-refractivity contribution in [3.63, 3.8) is 0 Å². The van der Waals surface area contributed by atoms with Crippen molar-refractivity contribution >= 4 is 62.9 Å². The number of rotatable bonds is 3. The molecule has 0 N–H and O–H groups in total. The Morgan fingerprint density at radius 2 is 1.18 bits per heavy atom. The van der Waals surface area contributed by atoms with E-state index >= 15 is 0 Å². The van der Waals surface area contributed by atoms with Gasteiger partial charge < -0.3 is 14.7 Å². The monoisotopic (exact) mass is 741 g/mol. The predicted octanol–water partition coefficient (Wildman–Crippen LogP) is 11.4. The Kier molecular flexibility index (Phi) is 6.81. The van der Waals surface area contributed by atoms with E-state index < -0.39 is 0 Å². The molecule has 282 valence electrons. The molecule has 0 bridgehead atoms. The summed E-state index contributed by atoms with van der Waals surface area (Å²) in [6, 6.07) is 50.2. The van der Waals surface area contributed by atoms with Crippen molar-refractivity contribution in [1.29, 1.82) is 0 Å². The smallest absolute Gasteiger partial charge is 0.252 e. The van der Waals surface area contributed by atoms with Gasteiger partial charge in [0.25, 0.3) is 6.71 Å². The third-order valence-electron chi connectivity index (χ3n) is 16.4. The fraction of sp³-hybridized carbons (Fsp3) is 0.321. The molecule has 6 aromatic rings. The molecule has 4 heterocycles. The molecule has 4 aliphatic heterocycles. The fourth-order valence-electron chi connectivity index (χ4n) is 13.6. The van der Waals surface area contributed by atoms with Gasteiger partial charge in [0.1, 0.15) is 0 Å². The first-order valence-electron chi connectivity index (χ1n) is 21.7. The van der Waals surface area contributed by atoms with Gasteiger partial charge in [0, 0.05) is 50.6 Å². The molecule has 2 fully saturated rings. The van der Waals surface area contributed by atoms with Crippen LogP contribution >= 0.6 is 0 Å². The second-order valence-corrected chi connectivity index (χ2v) is 19.1. The Labute approximate surface area is 339 Å². The molecule has 2 aliphatic carbocycles. The summed E-state index contributed by atoms with van der Waals surface area (Å²) in [6.07, 6.45) is 9.75. The van der Waals surface area contributed by atoms with Crippen molar-refractivity contribution in [2.24, 2.45) is 0 Å². The van der Waals surface area contributed by atoms with Gasteiger partial charge in [-0.2, -0.15) is 0 Å². The van der Waals surface area contributed by atoms with Crippen LogP contribution in [0.4, 0.5) is 39.8 Å². The van der Waals surface area contributed by atoms with E-state index in [2.05, 4.69) is 177 Å². The molecule has 2 saturated carbocycles. The van der Waals surface area contributed by atoms with Crippen molar-refractivity contribution in [1.82, 2.24) is 0 Å². The van der Waals surface area contributed by atoms with E-state index in [-0.39, 0.29) is 28.6 Å². The Balaban J connectivity index is 1.22. The molecule has 0 saturated heterocycles. The molecular formula is C53H52BN3. The van der Waals surface area contributed by atoms with Gasteiger partial charge >= 0.3 is 0 Å². The van der Waals surface area contributed by atoms with Gasteiger partial charge in [0.15, 0.2) is 0 Å². The Morgan fingerprint density at radius 1 is 0.491 bits per heavy atom. The van der Waals surface area contributed by atoms with E-state index in [1.807, 2.05) is 0 Å². The number of aryl methyl sites for hydroxylation is 2. The molecule has 0 amide bonds. The van der Waals surface area contributed by atoms with Gasteiger partial charge in [-0.3, -0.25) is 0 Å². The van der Waals surface area contributed by atoms with Crippen LogP contribution in [0, 0.1) is 13.8 Å². The van der Waals surface area contributed by atoms with E-state index in [0.717, 1.165) is 12.8 Å². The number of anilines is 7. The highest BCUT2D eigenvalue weighted by molar-refractivity contribution is 7.00. The molecule has 4 atom stereocenters. The lowest BCUT2D eigenvalue weighted by atomic mass is 9.33. The third kappa shape index (κ3) is 4.05. The zero-order valence-corrected chi connectivity index (χ0v) is 34.2. The predicted molar refractivity (Wildman–Crippen MR) is 241 cm³/mol. The van der Waals surface area contributed by atoms with Gasteiger partial charge in [-0.25, -0.2) is 0 Å². The van der Waals surface area contributed by atoms with E-state index in [0.29, 0.717) is 0 Å². The van der Waals surface area contributed by atoms with Gasteiger partial charge in [-0.05, 0) is 123 Å². The van der Waals surface area contributed by atoms with Crippen molar-refractivity contribution in [2.75, 3.05) is 14.7 Å². The quantitative estimate of drug-likeness (QED) is 0.167. The summed E-state index contributed by atoms with van der Waals surface area (Å²) in [4.78, 5) is 8.35. The second-order valence-electron chi connectivity index (χ2n) is 19.1. The van der Waals surface area contributed by atoms with Crippen LogP contribution in [0.2, 0.25) is 0 Å². The second kappa shape index (κ2) is 11.5. The summed E-state index contributed by atoms with van der Waals surface area (Å²) in [7, 11) is 0. The number of hydrogen-bond acceptors (Lipinski definition) is 3. The lowest BCUT2D eigenvalue weighted by molar-refractivity contribution is 0.195.